The number of nitro groups is 1. The minimum absolute atomic E-state index is 0.0500. The Labute approximate surface area is 394 Å². The van der Waals surface area contributed by atoms with Crippen molar-refractivity contribution in [3.05, 3.63) is 175 Å². The van der Waals surface area contributed by atoms with Crippen LogP contribution in [0.3, 0.4) is 0 Å². The Morgan fingerprint density at radius 2 is 1.09 bits per heavy atom. The van der Waals surface area contributed by atoms with Gasteiger partial charge in [-0.15, -0.1) is 45.3 Å². The smallest absolute Gasteiger partial charge is 0.357 e. The summed E-state index contributed by atoms with van der Waals surface area (Å²) in [5, 5.41) is 25.3. The van der Waals surface area contributed by atoms with Crippen LogP contribution in [0.25, 0.3) is 21.1 Å². The summed E-state index contributed by atoms with van der Waals surface area (Å²) in [5.41, 5.74) is 10.5. The van der Waals surface area contributed by atoms with Gasteiger partial charge in [0.1, 0.15) is 44.6 Å². The third-order valence-corrected chi connectivity index (χ3v) is 13.4. The molecule has 0 aliphatic carbocycles. The second-order valence-corrected chi connectivity index (χ2v) is 18.5. The van der Waals surface area contributed by atoms with E-state index in [-0.39, 0.29) is 36.7 Å². The predicted octanol–water partition coefficient (Wildman–Crippen LogP) is 9.79. The van der Waals surface area contributed by atoms with E-state index in [2.05, 4.69) is 20.6 Å². The Kier molecular flexibility index (Phi) is 16.2. The Bertz CT molecular complexity index is 2930. The van der Waals surface area contributed by atoms with Crippen LogP contribution in [0.5, 0.6) is 0 Å². The van der Waals surface area contributed by atoms with E-state index in [1.165, 1.54) is 34.8 Å². The summed E-state index contributed by atoms with van der Waals surface area (Å²) in [6.45, 7) is 0.912. The van der Waals surface area contributed by atoms with E-state index in [1.807, 2.05) is 76.1 Å². The van der Waals surface area contributed by atoms with Gasteiger partial charge in [0.15, 0.2) is 0 Å². The van der Waals surface area contributed by atoms with Crippen molar-refractivity contribution in [2.75, 3.05) is 15.4 Å². The fraction of sp³-hybridized carbons (Fsp3) is 0.136. The van der Waals surface area contributed by atoms with Gasteiger partial charge in [-0.1, -0.05) is 84.9 Å². The largest absolute Gasteiger partial charge is 0.461 e. The average molecular weight is 983 g/mol. The van der Waals surface area contributed by atoms with Gasteiger partial charge in [0, 0.05) is 34.0 Å². The van der Waals surface area contributed by atoms with E-state index in [4.69, 9.17) is 24.0 Å². The summed E-state index contributed by atoms with van der Waals surface area (Å²) in [5.74, 6) is 0. The molecule has 66 heavy (non-hydrogen) atoms. The number of hydrogen-bond donors (Lipinski definition) is 4. The molecule has 8 aromatic rings. The van der Waals surface area contributed by atoms with Crippen LogP contribution < -0.4 is 15.4 Å². The number of rotatable bonds is 21. The van der Waals surface area contributed by atoms with Crippen molar-refractivity contribution < 1.29 is 37.0 Å². The lowest BCUT2D eigenvalue weighted by molar-refractivity contribution is -0.384. The Balaban J connectivity index is 0.000000197. The number of hydrogen-bond acceptors (Lipinski definition) is 18. The highest BCUT2D eigenvalue weighted by molar-refractivity contribution is 7.87. The van der Waals surface area contributed by atoms with Crippen molar-refractivity contribution in [2.24, 2.45) is 0 Å². The first kappa shape index (κ1) is 47.0. The predicted molar refractivity (Wildman–Crippen MR) is 256 cm³/mol. The molecule has 0 bridgehead atoms. The highest BCUT2D eigenvalue weighted by Gasteiger charge is 2.22. The van der Waals surface area contributed by atoms with E-state index < -0.39 is 15.2 Å². The molecule has 0 aliphatic heterocycles. The molecule has 338 valence electrons. The number of carbonyl (C=O) groups excluding carboxylic acids is 2. The summed E-state index contributed by atoms with van der Waals surface area (Å²) >= 11 is 5.91. The van der Waals surface area contributed by atoms with Crippen molar-refractivity contribution in [3.8, 4) is 21.1 Å². The maximum absolute atomic E-state index is 11.0. The number of ether oxygens (including phenoxy) is 2. The molecule has 4 aromatic carbocycles. The molecule has 22 heteroatoms. The van der Waals surface area contributed by atoms with Gasteiger partial charge in [-0.2, -0.15) is 8.42 Å². The number of benzene rings is 4. The van der Waals surface area contributed by atoms with Gasteiger partial charge >= 0.3 is 10.3 Å². The molecule has 4 heterocycles. The van der Waals surface area contributed by atoms with Crippen LogP contribution in [0, 0.1) is 10.1 Å². The minimum atomic E-state index is -4.34. The Morgan fingerprint density at radius 3 is 1.50 bits per heavy atom. The maximum Gasteiger partial charge on any atom is 0.357 e. The van der Waals surface area contributed by atoms with E-state index in [9.17, 15) is 28.1 Å². The zero-order valence-corrected chi connectivity index (χ0v) is 38.4. The van der Waals surface area contributed by atoms with Crippen LogP contribution in [0.15, 0.2) is 131 Å². The summed E-state index contributed by atoms with van der Waals surface area (Å²) < 4.78 is 42.8. The molecule has 0 spiro atoms. The standard InChI is InChI=1S/C22H20N4O5S3.C22H18N4O4S2/c27-14-31-11-19-22(33-13-23-19)24-18(10-15-6-8-17(9-7-15)26-34(28,29)30)20-12-32-21(25-20)16-4-2-1-3-5-16;27-14-30-11-19-22(32-13-23-19)24-18(10-15-6-8-17(9-7-15)26(28)29)20-12-31-21(25-20)16-4-2-1-3-5-16/h1-9,12-14,18,24,26H,10-11H2,(H,28,29,30);1-9,12-14,18,24H,10-11H2/t2*18-/m00/s1. The molecule has 0 saturated heterocycles. The molecule has 0 unspecified atom stereocenters. The molecular weight excluding hydrogens is 945 g/mol. The van der Waals surface area contributed by atoms with Crippen LogP contribution in [0.2, 0.25) is 0 Å². The molecule has 4 aromatic heterocycles. The van der Waals surface area contributed by atoms with Gasteiger partial charge in [-0.25, -0.2) is 19.9 Å². The van der Waals surface area contributed by atoms with E-state index in [0.717, 1.165) is 53.7 Å². The highest BCUT2D eigenvalue weighted by Crippen LogP contribution is 2.34. The third-order valence-electron chi connectivity index (χ3n) is 9.50. The molecular formula is C44H38N8O9S5. The number of anilines is 3. The molecule has 4 N–H and O–H groups in total. The molecule has 0 fully saturated rings. The number of nitro benzene ring substituents is 1. The lowest BCUT2D eigenvalue weighted by atomic mass is 10.0. The second-order valence-electron chi connectivity index (χ2n) is 14.0. The Hall–Kier alpha value is -6.95. The van der Waals surface area contributed by atoms with Gasteiger partial charge in [-0.05, 0) is 36.1 Å². The van der Waals surface area contributed by atoms with E-state index in [1.54, 1.807) is 70.1 Å². The first-order valence-corrected chi connectivity index (χ1v) is 24.6. The topological polar surface area (TPSA) is 238 Å². The first-order valence-electron chi connectivity index (χ1n) is 19.6. The van der Waals surface area contributed by atoms with E-state index >= 15 is 0 Å². The number of carbonyl (C=O) groups is 2. The fourth-order valence-corrected chi connectivity index (χ4v) is 10.1. The molecule has 0 saturated carbocycles. The molecule has 17 nitrogen and oxygen atoms in total. The summed E-state index contributed by atoms with van der Waals surface area (Å²) in [7, 11) is -4.34. The second kappa shape index (κ2) is 22.8. The quantitative estimate of drug-likeness (QED) is 0.0227. The van der Waals surface area contributed by atoms with Gasteiger partial charge in [0.2, 0.25) is 0 Å². The van der Waals surface area contributed by atoms with Crippen molar-refractivity contribution in [1.82, 2.24) is 19.9 Å². The fourth-order valence-electron chi connectivity index (χ4n) is 6.38. The zero-order valence-electron chi connectivity index (χ0n) is 34.3. The van der Waals surface area contributed by atoms with Crippen LogP contribution in [-0.4, -0.2) is 50.8 Å². The lowest BCUT2D eigenvalue weighted by Gasteiger charge is -2.18. The van der Waals surface area contributed by atoms with E-state index in [0.29, 0.717) is 37.2 Å². The molecule has 0 aliphatic rings. The summed E-state index contributed by atoms with van der Waals surface area (Å²) in [6, 6.07) is 32.6. The lowest BCUT2D eigenvalue weighted by Crippen LogP contribution is -2.15. The van der Waals surface area contributed by atoms with Crippen molar-refractivity contribution in [2.45, 2.75) is 38.1 Å². The number of nitrogens with zero attached hydrogens (tertiary/aromatic N) is 5. The van der Waals surface area contributed by atoms with Gasteiger partial charge in [0.25, 0.3) is 18.6 Å². The van der Waals surface area contributed by atoms with Crippen molar-refractivity contribution >= 4 is 90.0 Å². The normalized spacial score (nSPS) is 11.9. The number of thiazole rings is 4. The average Bonchev–Trinajstić information content (AvgIpc) is 4.17. The SMILES string of the molecule is O=COCc1ncsc1N[C@@H](Cc1ccc(NS(=O)(=O)O)cc1)c1csc(-c2ccccc2)n1.O=COCc1ncsc1N[C@@H](Cc1ccc([N+](=O)[O-])cc1)c1csc(-c2ccccc2)n1. The van der Waals surface area contributed by atoms with Gasteiger partial charge in [0.05, 0.1) is 45.1 Å². The first-order chi connectivity index (χ1) is 32.0. The third kappa shape index (κ3) is 13.3. The molecule has 2 atom stereocenters. The number of aromatic nitrogens is 4. The number of non-ortho nitro benzene ring substituents is 1. The van der Waals surface area contributed by atoms with Crippen LogP contribution >= 0.6 is 45.3 Å². The highest BCUT2D eigenvalue weighted by atomic mass is 32.2. The van der Waals surface area contributed by atoms with Gasteiger partial charge in [-0.3, -0.25) is 29.0 Å². The van der Waals surface area contributed by atoms with Crippen molar-refractivity contribution in [3.63, 3.8) is 0 Å². The van der Waals surface area contributed by atoms with Gasteiger partial charge < -0.3 is 20.1 Å². The van der Waals surface area contributed by atoms with Crippen LogP contribution in [0.1, 0.15) is 46.0 Å². The van der Waals surface area contributed by atoms with Crippen LogP contribution in [-0.2, 0) is 55.4 Å². The Morgan fingerprint density at radius 1 is 0.652 bits per heavy atom. The summed E-state index contributed by atoms with van der Waals surface area (Å²) in [6.07, 6.45) is 1.10. The maximum atomic E-state index is 11.0. The molecule has 0 amide bonds. The summed E-state index contributed by atoms with van der Waals surface area (Å²) in [4.78, 5) is 50.0. The zero-order chi connectivity index (χ0) is 46.3. The minimum Gasteiger partial charge on any atom is -0.461 e. The monoisotopic (exact) mass is 982 g/mol. The van der Waals surface area contributed by atoms with Crippen molar-refractivity contribution in [1.29, 1.82) is 0 Å². The molecule has 0 radical (unpaired) electrons. The van der Waals surface area contributed by atoms with Crippen LogP contribution in [0.4, 0.5) is 21.4 Å². The molecule has 8 rings (SSSR count). The number of nitrogens with one attached hydrogen (secondary N) is 3.